The minimum Gasteiger partial charge on any atom is -0.416 e. The van der Waals surface area contributed by atoms with Crippen molar-refractivity contribution in [2.24, 2.45) is 0 Å². The first-order valence-corrected chi connectivity index (χ1v) is 5.99. The molecule has 0 bridgehead atoms. The molecule has 1 N–H and O–H groups in total. The van der Waals surface area contributed by atoms with Crippen LogP contribution in [0, 0.1) is 6.92 Å². The maximum absolute atomic E-state index is 5.27. The third-order valence-electron chi connectivity index (χ3n) is 1.91. The Labute approximate surface area is 108 Å². The van der Waals surface area contributed by atoms with Crippen molar-refractivity contribution in [3.63, 3.8) is 0 Å². The molecule has 0 atom stereocenters. The van der Waals surface area contributed by atoms with E-state index in [1.54, 1.807) is 18.9 Å². The van der Waals surface area contributed by atoms with Crippen LogP contribution in [0.5, 0.6) is 0 Å². The fraction of sp³-hybridized carbons (Fsp3) is 0.444. The van der Waals surface area contributed by atoms with Crippen molar-refractivity contribution in [3.8, 4) is 0 Å². The van der Waals surface area contributed by atoms with Crippen molar-refractivity contribution in [3.05, 3.63) is 5.89 Å². The molecule has 0 saturated carbocycles. The Balaban J connectivity index is 2.29. The van der Waals surface area contributed by atoms with E-state index >= 15 is 0 Å². The zero-order chi connectivity index (χ0) is 13.1. The van der Waals surface area contributed by atoms with Gasteiger partial charge in [-0.2, -0.15) is 15.0 Å². The summed E-state index contributed by atoms with van der Waals surface area (Å²) >= 11 is 1.20. The molecule has 0 radical (unpaired) electrons. The SMILES string of the molecule is CNc1nc(Sc2nnc(C)o2)nc(N(C)C)n1. The van der Waals surface area contributed by atoms with Gasteiger partial charge in [-0.1, -0.05) is 0 Å². The molecule has 2 aromatic rings. The molecule has 2 heterocycles. The molecule has 0 unspecified atom stereocenters. The molecule has 0 fully saturated rings. The molecule has 0 aliphatic rings. The van der Waals surface area contributed by atoms with E-state index < -0.39 is 0 Å². The lowest BCUT2D eigenvalue weighted by Gasteiger charge is -2.11. The third kappa shape index (κ3) is 2.86. The van der Waals surface area contributed by atoms with E-state index in [1.165, 1.54) is 11.8 Å². The topological polar surface area (TPSA) is 92.9 Å². The molecule has 0 amide bonds. The second kappa shape index (κ2) is 5.17. The van der Waals surface area contributed by atoms with Crippen molar-refractivity contribution in [1.29, 1.82) is 0 Å². The Hall–Kier alpha value is -1.90. The van der Waals surface area contributed by atoms with Gasteiger partial charge in [0.2, 0.25) is 22.9 Å². The smallest absolute Gasteiger partial charge is 0.284 e. The Morgan fingerprint density at radius 3 is 2.50 bits per heavy atom. The molecule has 8 nitrogen and oxygen atoms in total. The molecule has 0 aliphatic heterocycles. The number of aromatic nitrogens is 5. The van der Waals surface area contributed by atoms with Crippen molar-refractivity contribution >= 4 is 23.7 Å². The summed E-state index contributed by atoms with van der Waals surface area (Å²) in [6.07, 6.45) is 0. The lowest BCUT2D eigenvalue weighted by molar-refractivity contribution is 0.429. The van der Waals surface area contributed by atoms with Crippen LogP contribution in [0.25, 0.3) is 0 Å². The third-order valence-corrected chi connectivity index (χ3v) is 2.62. The van der Waals surface area contributed by atoms with Crippen LogP contribution in [0.1, 0.15) is 5.89 Å². The quantitative estimate of drug-likeness (QED) is 0.864. The number of nitrogens with zero attached hydrogens (tertiary/aromatic N) is 6. The average molecular weight is 267 g/mol. The maximum atomic E-state index is 5.27. The fourth-order valence-corrected chi connectivity index (χ4v) is 1.76. The number of rotatable bonds is 4. The normalized spacial score (nSPS) is 10.4. The van der Waals surface area contributed by atoms with Crippen LogP contribution < -0.4 is 10.2 Å². The summed E-state index contributed by atoms with van der Waals surface area (Å²) in [5, 5.41) is 11.4. The van der Waals surface area contributed by atoms with Crippen molar-refractivity contribution in [1.82, 2.24) is 25.1 Å². The summed E-state index contributed by atoms with van der Waals surface area (Å²) in [6.45, 7) is 1.73. The van der Waals surface area contributed by atoms with Crippen molar-refractivity contribution < 1.29 is 4.42 Å². The first kappa shape index (κ1) is 12.6. The second-order valence-electron chi connectivity index (χ2n) is 3.58. The van der Waals surface area contributed by atoms with E-state index in [-0.39, 0.29) is 0 Å². The van der Waals surface area contributed by atoms with Gasteiger partial charge in [0, 0.05) is 39.8 Å². The Bertz CT molecular complexity index is 541. The van der Waals surface area contributed by atoms with Crippen LogP contribution in [0.3, 0.4) is 0 Å². The van der Waals surface area contributed by atoms with Crippen molar-refractivity contribution in [2.75, 3.05) is 31.4 Å². The number of hydrogen-bond acceptors (Lipinski definition) is 9. The monoisotopic (exact) mass is 267 g/mol. The predicted octanol–water partition coefficient (Wildman–Crippen LogP) is 0.822. The summed E-state index contributed by atoms with van der Waals surface area (Å²) in [5.74, 6) is 1.56. The number of hydrogen-bond donors (Lipinski definition) is 1. The van der Waals surface area contributed by atoms with E-state index in [2.05, 4.69) is 30.5 Å². The highest BCUT2D eigenvalue weighted by atomic mass is 32.2. The van der Waals surface area contributed by atoms with Gasteiger partial charge in [0.15, 0.2) is 0 Å². The van der Waals surface area contributed by atoms with Gasteiger partial charge in [-0.15, -0.1) is 10.2 Å². The van der Waals surface area contributed by atoms with Gasteiger partial charge in [-0.25, -0.2) is 0 Å². The van der Waals surface area contributed by atoms with E-state index in [1.807, 2.05) is 14.1 Å². The molecule has 0 spiro atoms. The van der Waals surface area contributed by atoms with Crippen LogP contribution in [-0.2, 0) is 0 Å². The van der Waals surface area contributed by atoms with Gasteiger partial charge in [0.1, 0.15) is 0 Å². The summed E-state index contributed by atoms with van der Waals surface area (Å²) in [4.78, 5) is 14.5. The van der Waals surface area contributed by atoms with E-state index in [9.17, 15) is 0 Å². The molecular weight excluding hydrogens is 254 g/mol. The summed E-state index contributed by atoms with van der Waals surface area (Å²) in [5.41, 5.74) is 0. The number of aryl methyl sites for hydroxylation is 1. The Kier molecular flexibility index (Phi) is 3.60. The highest BCUT2D eigenvalue weighted by molar-refractivity contribution is 7.98. The second-order valence-corrected chi connectivity index (χ2v) is 4.49. The minimum atomic E-state index is 0.408. The molecule has 18 heavy (non-hydrogen) atoms. The molecular formula is C9H13N7OS. The molecule has 96 valence electrons. The molecule has 0 saturated heterocycles. The molecule has 2 aromatic heterocycles. The average Bonchev–Trinajstić information content (AvgIpc) is 2.74. The molecule has 9 heteroatoms. The van der Waals surface area contributed by atoms with Crippen LogP contribution >= 0.6 is 11.8 Å². The van der Waals surface area contributed by atoms with E-state index in [0.717, 1.165) is 0 Å². The molecule has 0 aromatic carbocycles. The van der Waals surface area contributed by atoms with E-state index in [0.29, 0.717) is 28.2 Å². The minimum absolute atomic E-state index is 0.408. The Morgan fingerprint density at radius 2 is 1.94 bits per heavy atom. The maximum Gasteiger partial charge on any atom is 0.284 e. The van der Waals surface area contributed by atoms with E-state index in [4.69, 9.17) is 4.42 Å². The van der Waals surface area contributed by atoms with Gasteiger partial charge in [0.25, 0.3) is 5.22 Å². The van der Waals surface area contributed by atoms with Crippen LogP contribution in [0.4, 0.5) is 11.9 Å². The zero-order valence-corrected chi connectivity index (χ0v) is 11.3. The molecule has 2 rings (SSSR count). The number of nitrogens with one attached hydrogen (secondary N) is 1. The highest BCUT2D eigenvalue weighted by Crippen LogP contribution is 2.24. The standard InChI is InChI=1S/C9H13N7OS/c1-5-14-15-9(17-5)18-8-12-6(10-2)11-7(13-8)16(3)4/h1-4H3,(H,10,11,12,13). The predicted molar refractivity (Wildman–Crippen MR) is 66.9 cm³/mol. The van der Waals surface area contributed by atoms with Crippen LogP contribution in [0.2, 0.25) is 0 Å². The van der Waals surface area contributed by atoms with Gasteiger partial charge >= 0.3 is 0 Å². The Morgan fingerprint density at radius 1 is 1.17 bits per heavy atom. The highest BCUT2D eigenvalue weighted by Gasteiger charge is 2.12. The van der Waals surface area contributed by atoms with Gasteiger partial charge in [-0.05, 0) is 0 Å². The largest absolute Gasteiger partial charge is 0.416 e. The van der Waals surface area contributed by atoms with Gasteiger partial charge in [0.05, 0.1) is 0 Å². The first-order chi connectivity index (χ1) is 8.58. The van der Waals surface area contributed by atoms with Crippen LogP contribution in [-0.4, -0.2) is 46.3 Å². The van der Waals surface area contributed by atoms with Crippen molar-refractivity contribution in [2.45, 2.75) is 17.3 Å². The fourth-order valence-electron chi connectivity index (χ4n) is 1.10. The first-order valence-electron chi connectivity index (χ1n) is 5.17. The van der Waals surface area contributed by atoms with Gasteiger partial charge < -0.3 is 14.6 Å². The lowest BCUT2D eigenvalue weighted by atomic mass is 10.8. The zero-order valence-electron chi connectivity index (χ0n) is 10.5. The summed E-state index contributed by atoms with van der Waals surface area (Å²) < 4.78 is 5.27. The number of anilines is 2. The lowest BCUT2D eigenvalue weighted by Crippen LogP contribution is -2.15. The molecule has 0 aliphatic carbocycles. The summed E-state index contributed by atoms with van der Waals surface area (Å²) in [7, 11) is 5.47. The van der Waals surface area contributed by atoms with Crippen LogP contribution in [0.15, 0.2) is 14.8 Å². The van der Waals surface area contributed by atoms with Gasteiger partial charge in [-0.3, -0.25) is 0 Å². The summed E-state index contributed by atoms with van der Waals surface area (Å²) in [6, 6.07) is 0.